The van der Waals surface area contributed by atoms with Crippen molar-refractivity contribution in [2.45, 2.75) is 51.0 Å². The Labute approximate surface area is 155 Å². The number of aliphatic hydroxyl groups is 1. The molecule has 6 nitrogen and oxygen atoms in total. The van der Waals surface area contributed by atoms with Gasteiger partial charge in [0.25, 0.3) is 0 Å². The number of amides is 2. The van der Waals surface area contributed by atoms with Crippen LogP contribution in [-0.2, 0) is 11.2 Å². The summed E-state index contributed by atoms with van der Waals surface area (Å²) < 4.78 is 0. The molecule has 1 aliphatic rings. The molecule has 26 heavy (non-hydrogen) atoms. The van der Waals surface area contributed by atoms with Crippen LogP contribution in [0.2, 0.25) is 0 Å². The van der Waals surface area contributed by atoms with Crippen LogP contribution >= 0.6 is 0 Å². The van der Waals surface area contributed by atoms with Crippen LogP contribution in [0.15, 0.2) is 30.3 Å². The van der Waals surface area contributed by atoms with Gasteiger partial charge >= 0.3 is 12.0 Å². The number of likely N-dealkylation sites (tertiary alicyclic amines) is 1. The average Bonchev–Trinajstić information content (AvgIpc) is 2.86. The first-order chi connectivity index (χ1) is 12.6. The molecule has 0 aromatic heterocycles. The van der Waals surface area contributed by atoms with Gasteiger partial charge in [-0.2, -0.15) is 0 Å². The molecule has 1 aliphatic heterocycles. The third-order valence-electron chi connectivity index (χ3n) is 5.03. The van der Waals surface area contributed by atoms with Crippen LogP contribution in [0.25, 0.3) is 0 Å². The van der Waals surface area contributed by atoms with E-state index in [1.165, 1.54) is 0 Å². The number of urea groups is 1. The van der Waals surface area contributed by atoms with Crippen molar-refractivity contribution in [3.8, 4) is 0 Å². The molecule has 3 N–H and O–H groups in total. The molecule has 0 aliphatic carbocycles. The first kappa shape index (κ1) is 20.2. The second kappa shape index (κ2) is 10.8. The number of hydrogen-bond donors (Lipinski definition) is 3. The summed E-state index contributed by atoms with van der Waals surface area (Å²) in [6, 6.07) is 9.51. The summed E-state index contributed by atoms with van der Waals surface area (Å²) in [6.45, 7) is 1.60. The number of carboxylic acid groups (broad SMARTS) is 1. The molecule has 2 unspecified atom stereocenters. The van der Waals surface area contributed by atoms with Crippen molar-refractivity contribution in [2.75, 3.05) is 19.7 Å². The molecule has 1 aromatic carbocycles. The summed E-state index contributed by atoms with van der Waals surface area (Å²) in [6.07, 6.45) is 4.76. The molecule has 6 heteroatoms. The van der Waals surface area contributed by atoms with Crippen LogP contribution in [0.3, 0.4) is 0 Å². The van der Waals surface area contributed by atoms with Crippen molar-refractivity contribution in [2.24, 2.45) is 5.92 Å². The van der Waals surface area contributed by atoms with Gasteiger partial charge in [0, 0.05) is 32.2 Å². The number of aliphatic hydroxyl groups excluding tert-OH is 1. The first-order valence-electron chi connectivity index (χ1n) is 9.50. The molecule has 2 amide bonds. The molecule has 0 spiro atoms. The van der Waals surface area contributed by atoms with Crippen molar-refractivity contribution in [1.29, 1.82) is 0 Å². The molecule has 1 heterocycles. The Bertz CT molecular complexity index is 564. The highest BCUT2D eigenvalue weighted by Crippen LogP contribution is 2.20. The lowest BCUT2D eigenvalue weighted by Gasteiger charge is -2.25. The van der Waals surface area contributed by atoms with Gasteiger partial charge in [-0.3, -0.25) is 4.79 Å². The first-order valence-corrected chi connectivity index (χ1v) is 9.50. The number of carbonyl (C=O) groups is 2. The van der Waals surface area contributed by atoms with Crippen LogP contribution < -0.4 is 5.32 Å². The maximum atomic E-state index is 12.7. The van der Waals surface area contributed by atoms with Gasteiger partial charge in [0.15, 0.2) is 0 Å². The second-order valence-electron chi connectivity index (χ2n) is 7.06. The fourth-order valence-electron chi connectivity index (χ4n) is 3.53. The topological polar surface area (TPSA) is 89.9 Å². The molecule has 1 fully saturated rings. The minimum atomic E-state index is -0.848. The summed E-state index contributed by atoms with van der Waals surface area (Å²) in [4.78, 5) is 25.5. The average molecular weight is 362 g/mol. The second-order valence-corrected chi connectivity index (χ2v) is 7.06. The van der Waals surface area contributed by atoms with Crippen LogP contribution in [0.5, 0.6) is 0 Å². The van der Waals surface area contributed by atoms with Crippen LogP contribution in [-0.4, -0.2) is 52.9 Å². The molecule has 1 aromatic rings. The Kier molecular flexibility index (Phi) is 8.41. The predicted octanol–water partition coefficient (Wildman–Crippen LogP) is 2.66. The Morgan fingerprint density at radius 2 is 1.96 bits per heavy atom. The third-order valence-corrected chi connectivity index (χ3v) is 5.03. The molecule has 0 bridgehead atoms. The number of carboxylic acids is 1. The largest absolute Gasteiger partial charge is 0.481 e. The fraction of sp³-hybridized carbons (Fsp3) is 0.600. The van der Waals surface area contributed by atoms with Crippen LogP contribution in [0.4, 0.5) is 4.79 Å². The highest BCUT2D eigenvalue weighted by molar-refractivity contribution is 5.74. The fourth-order valence-corrected chi connectivity index (χ4v) is 3.53. The van der Waals surface area contributed by atoms with Crippen LogP contribution in [0.1, 0.15) is 44.1 Å². The number of hydrogen-bond acceptors (Lipinski definition) is 3. The monoisotopic (exact) mass is 362 g/mol. The third kappa shape index (κ3) is 7.04. The van der Waals surface area contributed by atoms with E-state index in [2.05, 4.69) is 5.32 Å². The van der Waals surface area contributed by atoms with Crippen molar-refractivity contribution in [1.82, 2.24) is 10.2 Å². The maximum absolute atomic E-state index is 12.7. The molecule has 2 rings (SSSR count). The Balaban J connectivity index is 1.92. The van der Waals surface area contributed by atoms with E-state index >= 15 is 0 Å². The highest BCUT2D eigenvalue weighted by Gasteiger charge is 2.22. The zero-order valence-electron chi connectivity index (χ0n) is 15.3. The van der Waals surface area contributed by atoms with Crippen molar-refractivity contribution in [3.63, 3.8) is 0 Å². The molecular formula is C20H30N2O4. The van der Waals surface area contributed by atoms with Gasteiger partial charge in [-0.25, -0.2) is 4.79 Å². The standard InChI is InChI=1S/C20H30N2O4/c23-14-11-16-7-4-12-22(13-10-16)20(26)21-18(8-9-19(24)25)15-17-5-2-1-3-6-17/h1-3,5-6,16,18,23H,4,7-15H2,(H,21,26)(H,24,25). The number of rotatable bonds is 8. The molecular weight excluding hydrogens is 332 g/mol. The van der Waals surface area contributed by atoms with E-state index in [0.717, 1.165) is 31.2 Å². The SMILES string of the molecule is O=C(O)CCC(Cc1ccccc1)NC(=O)N1CCCC(CCO)CC1. The number of nitrogens with one attached hydrogen (secondary N) is 1. The molecule has 1 saturated heterocycles. The van der Waals surface area contributed by atoms with Crippen molar-refractivity contribution < 1.29 is 19.8 Å². The predicted molar refractivity (Wildman–Crippen MR) is 100.0 cm³/mol. The Hall–Kier alpha value is -2.08. The van der Waals surface area contributed by atoms with Crippen LogP contribution in [0, 0.1) is 5.92 Å². The number of benzene rings is 1. The Morgan fingerprint density at radius 3 is 2.65 bits per heavy atom. The lowest BCUT2D eigenvalue weighted by Crippen LogP contribution is -2.46. The number of aliphatic carboxylic acids is 1. The van der Waals surface area contributed by atoms with E-state index < -0.39 is 5.97 Å². The van der Waals surface area contributed by atoms with Crippen molar-refractivity contribution in [3.05, 3.63) is 35.9 Å². The van der Waals surface area contributed by atoms with Crippen molar-refractivity contribution >= 4 is 12.0 Å². The summed E-state index contributed by atoms with van der Waals surface area (Å²) in [7, 11) is 0. The van der Waals surface area contributed by atoms with E-state index in [1.807, 2.05) is 35.2 Å². The zero-order valence-corrected chi connectivity index (χ0v) is 15.3. The quantitative estimate of drug-likeness (QED) is 0.663. The minimum absolute atomic E-state index is 0.0380. The molecule has 2 atom stereocenters. The maximum Gasteiger partial charge on any atom is 0.317 e. The number of nitrogens with zero attached hydrogens (tertiary/aromatic N) is 1. The van der Waals surface area contributed by atoms with Gasteiger partial charge in [0.2, 0.25) is 0 Å². The zero-order chi connectivity index (χ0) is 18.8. The van der Waals surface area contributed by atoms with E-state index in [1.54, 1.807) is 0 Å². The van der Waals surface area contributed by atoms with E-state index in [4.69, 9.17) is 10.2 Å². The lowest BCUT2D eigenvalue weighted by molar-refractivity contribution is -0.137. The summed E-state index contributed by atoms with van der Waals surface area (Å²) in [5.74, 6) is -0.371. The highest BCUT2D eigenvalue weighted by atomic mass is 16.4. The summed E-state index contributed by atoms with van der Waals surface area (Å²) in [5, 5.41) is 21.1. The van der Waals surface area contributed by atoms with Gasteiger partial charge in [0.1, 0.15) is 0 Å². The van der Waals surface area contributed by atoms with Gasteiger partial charge in [-0.05, 0) is 50.0 Å². The summed E-state index contributed by atoms with van der Waals surface area (Å²) >= 11 is 0. The smallest absolute Gasteiger partial charge is 0.317 e. The Morgan fingerprint density at radius 1 is 1.19 bits per heavy atom. The normalized spacial score (nSPS) is 18.8. The van der Waals surface area contributed by atoms with E-state index in [-0.39, 0.29) is 25.1 Å². The van der Waals surface area contributed by atoms with Gasteiger partial charge in [-0.15, -0.1) is 0 Å². The van der Waals surface area contributed by atoms with E-state index in [9.17, 15) is 9.59 Å². The molecule has 144 valence electrons. The molecule has 0 radical (unpaired) electrons. The summed E-state index contributed by atoms with van der Waals surface area (Å²) in [5.41, 5.74) is 1.09. The lowest BCUT2D eigenvalue weighted by atomic mass is 9.98. The number of carbonyl (C=O) groups excluding carboxylic acids is 1. The van der Waals surface area contributed by atoms with E-state index in [0.29, 0.717) is 31.8 Å². The molecule has 0 saturated carbocycles. The van der Waals surface area contributed by atoms with Gasteiger partial charge in [-0.1, -0.05) is 30.3 Å². The minimum Gasteiger partial charge on any atom is -0.481 e. The van der Waals surface area contributed by atoms with Gasteiger partial charge in [0.05, 0.1) is 0 Å². The van der Waals surface area contributed by atoms with Gasteiger partial charge < -0.3 is 20.4 Å².